The van der Waals surface area contributed by atoms with E-state index in [1.165, 1.54) is 19.1 Å². The van der Waals surface area contributed by atoms with Gasteiger partial charge in [-0.25, -0.2) is 0 Å². The van der Waals surface area contributed by atoms with E-state index in [-0.39, 0.29) is 15.4 Å². The van der Waals surface area contributed by atoms with Gasteiger partial charge in [0.15, 0.2) is 0 Å². The molecular formula is C10H8BrClN4O3S2. The molecule has 1 heterocycles. The Morgan fingerprint density at radius 2 is 2.10 bits per heavy atom. The zero-order chi connectivity index (χ0) is 15.6. The third-order valence-corrected chi connectivity index (χ3v) is 5.89. The van der Waals surface area contributed by atoms with Gasteiger partial charge in [-0.2, -0.15) is 8.42 Å². The Morgan fingerprint density at radius 3 is 2.71 bits per heavy atom. The highest BCUT2D eigenvalue weighted by molar-refractivity contribution is 9.10. The highest BCUT2D eigenvalue weighted by Crippen LogP contribution is 2.28. The molecule has 0 aliphatic carbocycles. The fraction of sp³-hybridized carbons (Fsp3) is 0.100. The molecule has 0 unspecified atom stereocenters. The van der Waals surface area contributed by atoms with E-state index in [2.05, 4.69) is 36.2 Å². The molecule has 21 heavy (non-hydrogen) atoms. The Kier molecular flexibility index (Phi) is 4.81. The summed E-state index contributed by atoms with van der Waals surface area (Å²) in [5.41, 5.74) is 0.322. The van der Waals surface area contributed by atoms with Crippen molar-refractivity contribution in [1.29, 1.82) is 0 Å². The molecule has 0 radical (unpaired) electrons. The fourth-order valence-corrected chi connectivity index (χ4v) is 3.77. The molecule has 1 aromatic heterocycles. The number of anilines is 2. The summed E-state index contributed by atoms with van der Waals surface area (Å²) >= 11 is 9.79. The number of benzene rings is 1. The average Bonchev–Trinajstić information content (AvgIpc) is 2.82. The van der Waals surface area contributed by atoms with Crippen molar-refractivity contribution in [3.8, 4) is 0 Å². The van der Waals surface area contributed by atoms with Gasteiger partial charge in [0.2, 0.25) is 11.0 Å². The summed E-state index contributed by atoms with van der Waals surface area (Å²) in [5, 5.41) is 10.1. The number of nitrogens with one attached hydrogen (secondary N) is 2. The maximum Gasteiger partial charge on any atom is 0.291 e. The number of carbonyl (C=O) groups is 1. The first-order valence-corrected chi connectivity index (χ1v) is 8.84. The average molecular weight is 412 g/mol. The Balaban J connectivity index is 2.23. The zero-order valence-electron chi connectivity index (χ0n) is 10.4. The molecule has 7 nitrogen and oxygen atoms in total. The number of halogens is 2. The molecule has 0 saturated carbocycles. The van der Waals surface area contributed by atoms with Crippen LogP contribution in [-0.4, -0.2) is 24.5 Å². The molecule has 0 saturated heterocycles. The number of sulfonamides is 1. The highest BCUT2D eigenvalue weighted by Gasteiger charge is 2.21. The van der Waals surface area contributed by atoms with Crippen molar-refractivity contribution in [3.63, 3.8) is 0 Å². The lowest BCUT2D eigenvalue weighted by Crippen LogP contribution is -2.12. The van der Waals surface area contributed by atoms with E-state index in [9.17, 15) is 13.2 Å². The van der Waals surface area contributed by atoms with Crippen LogP contribution in [0.4, 0.5) is 10.8 Å². The summed E-state index contributed by atoms with van der Waals surface area (Å²) in [7, 11) is -3.88. The van der Waals surface area contributed by atoms with E-state index < -0.39 is 10.0 Å². The van der Waals surface area contributed by atoms with Crippen molar-refractivity contribution in [1.82, 2.24) is 10.2 Å². The third kappa shape index (κ3) is 4.13. The Labute approximate surface area is 137 Å². The van der Waals surface area contributed by atoms with Crippen LogP contribution in [0.1, 0.15) is 6.92 Å². The topological polar surface area (TPSA) is 101 Å². The molecule has 0 bridgehead atoms. The van der Waals surface area contributed by atoms with Crippen LogP contribution in [0.3, 0.4) is 0 Å². The lowest BCUT2D eigenvalue weighted by atomic mass is 10.3. The lowest BCUT2D eigenvalue weighted by molar-refractivity contribution is -0.114. The molecule has 0 aliphatic rings. The molecule has 0 aliphatic heterocycles. The molecule has 1 amide bonds. The van der Waals surface area contributed by atoms with Gasteiger partial charge in [0.25, 0.3) is 14.4 Å². The van der Waals surface area contributed by atoms with Gasteiger partial charge in [0.1, 0.15) is 0 Å². The first-order valence-electron chi connectivity index (χ1n) is 5.37. The van der Waals surface area contributed by atoms with Gasteiger partial charge in [0.05, 0.1) is 10.7 Å². The number of carbonyl (C=O) groups excluding carboxylic acids is 1. The van der Waals surface area contributed by atoms with E-state index in [1.54, 1.807) is 6.07 Å². The van der Waals surface area contributed by atoms with Gasteiger partial charge in [0, 0.05) is 11.4 Å². The van der Waals surface area contributed by atoms with Crippen molar-refractivity contribution in [2.24, 2.45) is 0 Å². The number of hydrogen-bond donors (Lipinski definition) is 2. The SMILES string of the molecule is CC(=O)Nc1nnc(S(=O)(=O)Nc2ccc(Cl)c(Br)c2)s1. The van der Waals surface area contributed by atoms with Gasteiger partial charge in [-0.1, -0.05) is 22.9 Å². The van der Waals surface area contributed by atoms with E-state index in [0.29, 0.717) is 15.2 Å². The smallest absolute Gasteiger partial charge is 0.291 e. The number of aromatic nitrogens is 2. The van der Waals surface area contributed by atoms with Crippen LogP contribution in [-0.2, 0) is 14.8 Å². The van der Waals surface area contributed by atoms with Crippen molar-refractivity contribution in [2.45, 2.75) is 11.3 Å². The molecule has 2 aromatic rings. The molecular weight excluding hydrogens is 404 g/mol. The normalized spacial score (nSPS) is 11.2. The minimum absolute atomic E-state index is 0.111. The van der Waals surface area contributed by atoms with E-state index in [4.69, 9.17) is 11.6 Å². The van der Waals surface area contributed by atoms with Crippen LogP contribution in [0, 0.1) is 0 Å². The van der Waals surface area contributed by atoms with Gasteiger partial charge >= 0.3 is 0 Å². The summed E-state index contributed by atoms with van der Waals surface area (Å²) in [6, 6.07) is 4.59. The third-order valence-electron chi connectivity index (χ3n) is 2.09. The second kappa shape index (κ2) is 6.26. The first-order chi connectivity index (χ1) is 9.78. The van der Waals surface area contributed by atoms with E-state index in [0.717, 1.165) is 11.3 Å². The lowest BCUT2D eigenvalue weighted by Gasteiger charge is -2.06. The monoisotopic (exact) mass is 410 g/mol. The van der Waals surface area contributed by atoms with Crippen molar-refractivity contribution < 1.29 is 13.2 Å². The first kappa shape index (κ1) is 16.1. The van der Waals surface area contributed by atoms with Gasteiger partial charge in [-0.05, 0) is 34.1 Å². The number of hydrogen-bond acceptors (Lipinski definition) is 6. The Hall–Kier alpha value is -1.23. The van der Waals surface area contributed by atoms with Crippen LogP contribution in [0.2, 0.25) is 5.02 Å². The van der Waals surface area contributed by atoms with Crippen LogP contribution < -0.4 is 10.0 Å². The van der Waals surface area contributed by atoms with Gasteiger partial charge < -0.3 is 5.32 Å². The van der Waals surface area contributed by atoms with Crippen LogP contribution >= 0.6 is 38.9 Å². The standard InChI is InChI=1S/C10H8BrClN4O3S2/c1-5(17)13-9-14-15-10(20-9)21(18,19)16-6-2-3-8(12)7(11)4-6/h2-4,16H,1H3,(H,13,14,17). The van der Waals surface area contributed by atoms with Crippen molar-refractivity contribution in [3.05, 3.63) is 27.7 Å². The number of rotatable bonds is 4. The number of nitrogens with zero attached hydrogens (tertiary/aromatic N) is 2. The van der Waals surface area contributed by atoms with Gasteiger partial charge in [-0.3, -0.25) is 9.52 Å². The predicted molar refractivity (Wildman–Crippen MR) is 84.2 cm³/mol. The molecule has 11 heteroatoms. The van der Waals surface area contributed by atoms with E-state index in [1.807, 2.05) is 0 Å². The molecule has 2 N–H and O–H groups in total. The molecule has 2 rings (SSSR count). The molecule has 0 fully saturated rings. The molecule has 112 valence electrons. The molecule has 1 aromatic carbocycles. The summed E-state index contributed by atoms with van der Waals surface area (Å²) < 4.78 is 26.9. The largest absolute Gasteiger partial charge is 0.301 e. The summed E-state index contributed by atoms with van der Waals surface area (Å²) in [5.74, 6) is -0.357. The quantitative estimate of drug-likeness (QED) is 0.753. The predicted octanol–water partition coefficient (Wildman–Crippen LogP) is 2.71. The fourth-order valence-electron chi connectivity index (χ4n) is 1.28. The van der Waals surface area contributed by atoms with Crippen LogP contribution in [0.15, 0.2) is 27.0 Å². The Morgan fingerprint density at radius 1 is 1.38 bits per heavy atom. The van der Waals surface area contributed by atoms with Crippen LogP contribution in [0.25, 0.3) is 0 Å². The second-order valence-electron chi connectivity index (χ2n) is 3.79. The summed E-state index contributed by atoms with van der Waals surface area (Å²) in [6.45, 7) is 1.29. The second-order valence-corrected chi connectivity index (χ2v) is 7.88. The highest BCUT2D eigenvalue weighted by atomic mass is 79.9. The zero-order valence-corrected chi connectivity index (χ0v) is 14.4. The maximum absolute atomic E-state index is 12.1. The molecule has 0 spiro atoms. The van der Waals surface area contributed by atoms with Crippen LogP contribution in [0.5, 0.6) is 0 Å². The summed E-state index contributed by atoms with van der Waals surface area (Å²) in [4.78, 5) is 10.9. The Bertz CT molecular complexity index is 793. The summed E-state index contributed by atoms with van der Waals surface area (Å²) in [6.07, 6.45) is 0. The minimum Gasteiger partial charge on any atom is -0.301 e. The maximum atomic E-state index is 12.1. The number of amides is 1. The van der Waals surface area contributed by atoms with E-state index >= 15 is 0 Å². The molecule has 0 atom stereocenters. The van der Waals surface area contributed by atoms with Crippen molar-refractivity contribution in [2.75, 3.05) is 10.0 Å². The van der Waals surface area contributed by atoms with Crippen molar-refractivity contribution >= 4 is 65.6 Å². The minimum atomic E-state index is -3.88. The van der Waals surface area contributed by atoms with Gasteiger partial charge in [-0.15, -0.1) is 10.2 Å².